The quantitative estimate of drug-likeness (QED) is 0.553. The minimum atomic E-state index is -0.274. The van der Waals surface area contributed by atoms with E-state index in [0.29, 0.717) is 23.7 Å². The highest BCUT2D eigenvalue weighted by atomic mass is 32.2. The molecular formula is C17H17FO2S. The standard InChI is InChI=1S/C17H17FO2S/c1-2-11-20-17-6-4-3-5-15(17)16(19)12-21-14-9-7-13(18)8-10-14/h3-10H,2,11-12H2,1H3. The third kappa shape index (κ3) is 4.60. The zero-order valence-corrected chi connectivity index (χ0v) is 12.7. The van der Waals surface area contributed by atoms with Gasteiger partial charge >= 0.3 is 0 Å². The van der Waals surface area contributed by atoms with E-state index < -0.39 is 0 Å². The summed E-state index contributed by atoms with van der Waals surface area (Å²) in [4.78, 5) is 13.2. The van der Waals surface area contributed by atoms with Crippen LogP contribution in [0.1, 0.15) is 23.7 Å². The number of Topliss-reactive ketones (excluding diaryl/α,β-unsaturated/α-hetero) is 1. The zero-order valence-electron chi connectivity index (χ0n) is 11.8. The van der Waals surface area contributed by atoms with Crippen LogP contribution in [0.5, 0.6) is 5.75 Å². The number of ether oxygens (including phenoxy) is 1. The van der Waals surface area contributed by atoms with E-state index in [4.69, 9.17) is 4.74 Å². The van der Waals surface area contributed by atoms with E-state index in [0.717, 1.165) is 11.3 Å². The van der Waals surface area contributed by atoms with Crippen molar-refractivity contribution in [2.45, 2.75) is 18.2 Å². The summed E-state index contributed by atoms with van der Waals surface area (Å²) in [6, 6.07) is 13.4. The van der Waals surface area contributed by atoms with E-state index in [-0.39, 0.29) is 11.6 Å². The summed E-state index contributed by atoms with van der Waals surface area (Å²) in [5, 5.41) is 0. The number of carbonyl (C=O) groups excluding carboxylic acids is 1. The van der Waals surface area contributed by atoms with Gasteiger partial charge in [-0.05, 0) is 42.8 Å². The van der Waals surface area contributed by atoms with Crippen LogP contribution in [0, 0.1) is 5.82 Å². The maximum atomic E-state index is 12.8. The normalized spacial score (nSPS) is 10.4. The van der Waals surface area contributed by atoms with Crippen molar-refractivity contribution in [3.63, 3.8) is 0 Å². The third-order valence-corrected chi connectivity index (χ3v) is 3.84. The van der Waals surface area contributed by atoms with Crippen molar-refractivity contribution in [3.05, 3.63) is 59.9 Å². The number of halogens is 1. The molecule has 0 N–H and O–H groups in total. The number of hydrogen-bond donors (Lipinski definition) is 0. The van der Waals surface area contributed by atoms with Crippen LogP contribution in [0.15, 0.2) is 53.4 Å². The highest BCUT2D eigenvalue weighted by molar-refractivity contribution is 8.00. The summed E-state index contributed by atoms with van der Waals surface area (Å²) in [5.41, 5.74) is 0.598. The average Bonchev–Trinajstić information content (AvgIpc) is 2.52. The fourth-order valence-electron chi connectivity index (χ4n) is 1.79. The Bertz CT molecular complexity index is 596. The van der Waals surface area contributed by atoms with Gasteiger partial charge in [-0.2, -0.15) is 0 Å². The van der Waals surface area contributed by atoms with Crippen molar-refractivity contribution in [1.82, 2.24) is 0 Å². The molecule has 110 valence electrons. The smallest absolute Gasteiger partial charge is 0.176 e. The van der Waals surface area contributed by atoms with Gasteiger partial charge in [0.05, 0.1) is 17.9 Å². The average molecular weight is 304 g/mol. The molecule has 0 saturated heterocycles. The van der Waals surface area contributed by atoms with Gasteiger partial charge in [-0.3, -0.25) is 4.79 Å². The van der Waals surface area contributed by atoms with Crippen LogP contribution in [-0.2, 0) is 0 Å². The number of rotatable bonds is 7. The number of thioether (sulfide) groups is 1. The largest absolute Gasteiger partial charge is 0.493 e. The van der Waals surface area contributed by atoms with Gasteiger partial charge in [0.1, 0.15) is 11.6 Å². The second kappa shape index (κ2) is 7.84. The lowest BCUT2D eigenvalue weighted by Gasteiger charge is -2.09. The first-order valence-corrected chi connectivity index (χ1v) is 7.82. The molecule has 0 atom stereocenters. The van der Waals surface area contributed by atoms with E-state index in [1.807, 2.05) is 25.1 Å². The molecule has 0 saturated carbocycles. The summed E-state index contributed by atoms with van der Waals surface area (Å²) in [7, 11) is 0. The Labute approximate surface area is 128 Å². The van der Waals surface area contributed by atoms with Gasteiger partial charge in [0.15, 0.2) is 5.78 Å². The number of hydrogen-bond acceptors (Lipinski definition) is 3. The highest BCUT2D eigenvalue weighted by Crippen LogP contribution is 2.23. The van der Waals surface area contributed by atoms with Crippen LogP contribution in [0.3, 0.4) is 0 Å². The molecule has 4 heteroatoms. The molecule has 2 rings (SSSR count). The molecule has 2 nitrogen and oxygen atoms in total. The van der Waals surface area contributed by atoms with Crippen LogP contribution in [0.4, 0.5) is 4.39 Å². The topological polar surface area (TPSA) is 26.3 Å². The van der Waals surface area contributed by atoms with Crippen LogP contribution in [-0.4, -0.2) is 18.1 Å². The first-order valence-electron chi connectivity index (χ1n) is 6.84. The van der Waals surface area contributed by atoms with Crippen molar-refractivity contribution in [2.24, 2.45) is 0 Å². The molecule has 0 spiro atoms. The molecule has 0 radical (unpaired) electrons. The van der Waals surface area contributed by atoms with Gasteiger partial charge in [-0.15, -0.1) is 11.8 Å². The predicted molar refractivity (Wildman–Crippen MR) is 83.7 cm³/mol. The minimum absolute atomic E-state index is 0.0102. The Morgan fingerprint density at radius 2 is 1.86 bits per heavy atom. The van der Waals surface area contributed by atoms with Crippen molar-refractivity contribution in [2.75, 3.05) is 12.4 Å². The predicted octanol–water partition coefficient (Wildman–Crippen LogP) is 4.59. The monoisotopic (exact) mass is 304 g/mol. The second-order valence-corrected chi connectivity index (χ2v) is 5.56. The molecule has 0 amide bonds. The van der Waals surface area contributed by atoms with Crippen LogP contribution in [0.25, 0.3) is 0 Å². The minimum Gasteiger partial charge on any atom is -0.493 e. The van der Waals surface area contributed by atoms with Gasteiger partial charge < -0.3 is 4.74 Å². The number of para-hydroxylation sites is 1. The summed E-state index contributed by atoms with van der Waals surface area (Å²) in [6.07, 6.45) is 0.896. The maximum Gasteiger partial charge on any atom is 0.176 e. The van der Waals surface area contributed by atoms with Crippen LogP contribution in [0.2, 0.25) is 0 Å². The van der Waals surface area contributed by atoms with Crippen molar-refractivity contribution in [3.8, 4) is 5.75 Å². The number of carbonyl (C=O) groups is 1. The SMILES string of the molecule is CCCOc1ccccc1C(=O)CSc1ccc(F)cc1. The zero-order chi connectivity index (χ0) is 15.1. The van der Waals surface area contributed by atoms with Crippen molar-refractivity contribution >= 4 is 17.5 Å². The molecule has 0 aliphatic carbocycles. The van der Waals surface area contributed by atoms with Gasteiger partial charge in [0.25, 0.3) is 0 Å². The van der Waals surface area contributed by atoms with Gasteiger partial charge in [-0.25, -0.2) is 4.39 Å². The van der Waals surface area contributed by atoms with Gasteiger partial charge in [0, 0.05) is 4.90 Å². The third-order valence-electron chi connectivity index (χ3n) is 2.83. The lowest BCUT2D eigenvalue weighted by Crippen LogP contribution is -2.06. The van der Waals surface area contributed by atoms with E-state index >= 15 is 0 Å². The Morgan fingerprint density at radius 1 is 1.14 bits per heavy atom. The Kier molecular flexibility index (Phi) is 5.81. The highest BCUT2D eigenvalue weighted by Gasteiger charge is 2.12. The van der Waals surface area contributed by atoms with E-state index in [1.165, 1.54) is 23.9 Å². The van der Waals surface area contributed by atoms with Gasteiger partial charge in [-0.1, -0.05) is 19.1 Å². The number of ketones is 1. The molecule has 0 aromatic heterocycles. The maximum absolute atomic E-state index is 12.8. The van der Waals surface area contributed by atoms with Crippen LogP contribution < -0.4 is 4.74 Å². The Hall–Kier alpha value is -1.81. The summed E-state index contributed by atoms with van der Waals surface area (Å²) in [5.74, 6) is 0.669. The van der Waals surface area contributed by atoms with Crippen LogP contribution >= 0.6 is 11.8 Å². The lowest BCUT2D eigenvalue weighted by atomic mass is 10.1. The summed E-state index contributed by atoms with van der Waals surface area (Å²) in [6.45, 7) is 2.62. The summed E-state index contributed by atoms with van der Waals surface area (Å²) >= 11 is 1.39. The van der Waals surface area contributed by atoms with E-state index in [1.54, 1.807) is 18.2 Å². The molecule has 21 heavy (non-hydrogen) atoms. The molecule has 0 aliphatic rings. The lowest BCUT2D eigenvalue weighted by molar-refractivity contribution is 0.101. The number of benzene rings is 2. The van der Waals surface area contributed by atoms with E-state index in [2.05, 4.69) is 0 Å². The second-order valence-electron chi connectivity index (χ2n) is 4.51. The Morgan fingerprint density at radius 3 is 2.57 bits per heavy atom. The molecule has 0 bridgehead atoms. The Balaban J connectivity index is 2.01. The molecule has 0 heterocycles. The molecule has 2 aromatic rings. The molecular weight excluding hydrogens is 287 g/mol. The molecule has 0 unspecified atom stereocenters. The van der Waals surface area contributed by atoms with Crippen molar-refractivity contribution in [1.29, 1.82) is 0 Å². The fourth-order valence-corrected chi connectivity index (χ4v) is 2.57. The molecule has 2 aromatic carbocycles. The first kappa shape index (κ1) is 15.6. The van der Waals surface area contributed by atoms with Gasteiger partial charge in [0.2, 0.25) is 0 Å². The van der Waals surface area contributed by atoms with Crippen molar-refractivity contribution < 1.29 is 13.9 Å². The first-order chi connectivity index (χ1) is 10.2. The fraction of sp³-hybridized carbons (Fsp3) is 0.235. The molecule has 0 fully saturated rings. The molecule has 0 aliphatic heterocycles. The summed E-state index contributed by atoms with van der Waals surface area (Å²) < 4.78 is 18.4. The van der Waals surface area contributed by atoms with E-state index in [9.17, 15) is 9.18 Å².